The van der Waals surface area contributed by atoms with Gasteiger partial charge in [0.25, 0.3) is 5.91 Å². The molecule has 1 N–H and O–H groups in total. The van der Waals surface area contributed by atoms with Crippen LogP contribution in [0.15, 0.2) is 36.4 Å². The van der Waals surface area contributed by atoms with Crippen molar-refractivity contribution in [2.45, 2.75) is 6.42 Å². The van der Waals surface area contributed by atoms with E-state index in [2.05, 4.69) is 10.3 Å². The molecule has 0 unspecified atom stereocenters. The minimum absolute atomic E-state index is 0.160. The molecule has 2 aromatic rings. The maximum absolute atomic E-state index is 13.0. The van der Waals surface area contributed by atoms with Crippen LogP contribution < -0.4 is 5.32 Å². The Hall–Kier alpha value is -1.65. The highest BCUT2D eigenvalue weighted by Gasteiger charge is 2.08. The predicted molar refractivity (Wildman–Crippen MR) is 76.7 cm³/mol. The van der Waals surface area contributed by atoms with Crippen molar-refractivity contribution in [3.05, 3.63) is 63.6 Å². The van der Waals surface area contributed by atoms with E-state index in [4.69, 9.17) is 23.2 Å². The van der Waals surface area contributed by atoms with Gasteiger partial charge in [0, 0.05) is 12.1 Å². The third-order valence-corrected chi connectivity index (χ3v) is 3.00. The topological polar surface area (TPSA) is 42.0 Å². The Morgan fingerprint density at radius 3 is 2.55 bits per heavy atom. The number of halogens is 3. The first-order chi connectivity index (χ1) is 9.54. The fourth-order valence-electron chi connectivity index (χ4n) is 1.71. The number of hydrogen-bond donors (Lipinski definition) is 1. The molecule has 0 saturated heterocycles. The first kappa shape index (κ1) is 14.8. The highest BCUT2D eigenvalue weighted by molar-refractivity contribution is 6.33. The Bertz CT molecular complexity index is 614. The maximum atomic E-state index is 13.0. The lowest BCUT2D eigenvalue weighted by atomic mass is 10.1. The van der Waals surface area contributed by atoms with Gasteiger partial charge in [0.2, 0.25) is 0 Å². The lowest BCUT2D eigenvalue weighted by Crippen LogP contribution is -2.25. The third-order valence-electron chi connectivity index (χ3n) is 2.61. The molecule has 1 aromatic heterocycles. The Kier molecular flexibility index (Phi) is 4.93. The molecule has 0 fully saturated rings. The lowest BCUT2D eigenvalue weighted by Gasteiger charge is -2.06. The first-order valence-electron chi connectivity index (χ1n) is 5.90. The van der Waals surface area contributed by atoms with Gasteiger partial charge in [-0.15, -0.1) is 0 Å². The number of rotatable bonds is 4. The van der Waals surface area contributed by atoms with Crippen LogP contribution in [0.5, 0.6) is 0 Å². The molecule has 1 amide bonds. The number of carbonyl (C=O) groups is 1. The van der Waals surface area contributed by atoms with Crippen LogP contribution in [0.4, 0.5) is 4.39 Å². The van der Waals surface area contributed by atoms with Crippen molar-refractivity contribution in [2.24, 2.45) is 0 Å². The van der Waals surface area contributed by atoms with E-state index < -0.39 is 0 Å². The van der Waals surface area contributed by atoms with Gasteiger partial charge in [-0.05, 0) is 36.2 Å². The van der Waals surface area contributed by atoms with Crippen molar-refractivity contribution < 1.29 is 9.18 Å². The summed E-state index contributed by atoms with van der Waals surface area (Å²) in [5.74, 6) is -0.589. The molecule has 3 nitrogen and oxygen atoms in total. The normalized spacial score (nSPS) is 10.3. The van der Waals surface area contributed by atoms with E-state index in [9.17, 15) is 9.18 Å². The lowest BCUT2D eigenvalue weighted by molar-refractivity contribution is 0.0954. The quantitative estimate of drug-likeness (QED) is 0.878. The standard InChI is InChI=1S/C14H11Cl2FN2O/c15-12-7-10(8-13(16)19-12)14(20)18-5-4-9-2-1-3-11(17)6-9/h1-3,6-8H,4-5H2,(H,18,20). The molecule has 104 valence electrons. The molecular formula is C14H11Cl2FN2O. The molecule has 0 saturated carbocycles. The molecule has 0 bridgehead atoms. The summed E-state index contributed by atoms with van der Waals surface area (Å²) in [4.78, 5) is 15.6. The minimum Gasteiger partial charge on any atom is -0.352 e. The van der Waals surface area contributed by atoms with E-state index in [0.717, 1.165) is 5.56 Å². The summed E-state index contributed by atoms with van der Waals surface area (Å²) >= 11 is 11.4. The number of amides is 1. The zero-order valence-corrected chi connectivity index (χ0v) is 11.9. The molecule has 20 heavy (non-hydrogen) atoms. The molecule has 0 atom stereocenters. The molecule has 0 radical (unpaired) electrons. The molecule has 1 aromatic carbocycles. The summed E-state index contributed by atoms with van der Waals surface area (Å²) in [6.45, 7) is 0.389. The number of aromatic nitrogens is 1. The van der Waals surface area contributed by atoms with Gasteiger partial charge < -0.3 is 5.32 Å². The van der Waals surface area contributed by atoms with Crippen molar-refractivity contribution in [2.75, 3.05) is 6.54 Å². The largest absolute Gasteiger partial charge is 0.352 e. The van der Waals surface area contributed by atoms with Crippen molar-refractivity contribution in [3.63, 3.8) is 0 Å². The zero-order chi connectivity index (χ0) is 14.5. The Labute approximate surface area is 125 Å². The summed E-state index contributed by atoms with van der Waals surface area (Å²) in [6.07, 6.45) is 0.538. The monoisotopic (exact) mass is 312 g/mol. The van der Waals surface area contributed by atoms with E-state index in [1.165, 1.54) is 24.3 Å². The molecule has 0 aliphatic rings. The van der Waals surface area contributed by atoms with E-state index in [1.807, 2.05) is 0 Å². The number of pyridine rings is 1. The molecule has 2 rings (SSSR count). The van der Waals surface area contributed by atoms with Crippen LogP contribution in [0.3, 0.4) is 0 Å². The van der Waals surface area contributed by atoms with Gasteiger partial charge in [0.1, 0.15) is 16.1 Å². The highest BCUT2D eigenvalue weighted by atomic mass is 35.5. The van der Waals surface area contributed by atoms with Gasteiger partial charge in [0.05, 0.1) is 0 Å². The second-order valence-electron chi connectivity index (χ2n) is 4.14. The van der Waals surface area contributed by atoms with Crippen LogP contribution >= 0.6 is 23.2 Å². The first-order valence-corrected chi connectivity index (χ1v) is 6.66. The number of hydrogen-bond acceptors (Lipinski definition) is 2. The smallest absolute Gasteiger partial charge is 0.251 e. The molecule has 1 heterocycles. The predicted octanol–water partition coefficient (Wildman–Crippen LogP) is 3.50. The average molecular weight is 313 g/mol. The van der Waals surface area contributed by atoms with Crippen LogP contribution in [-0.4, -0.2) is 17.4 Å². The number of carbonyl (C=O) groups excluding carboxylic acids is 1. The maximum Gasteiger partial charge on any atom is 0.251 e. The fourth-order valence-corrected chi connectivity index (χ4v) is 2.17. The van der Waals surface area contributed by atoms with Crippen molar-refractivity contribution in [3.8, 4) is 0 Å². The van der Waals surface area contributed by atoms with Gasteiger partial charge in [0.15, 0.2) is 0 Å². The zero-order valence-electron chi connectivity index (χ0n) is 10.4. The van der Waals surface area contributed by atoms with Crippen LogP contribution in [0, 0.1) is 5.82 Å². The summed E-state index contributed by atoms with van der Waals surface area (Å²) in [5, 5.41) is 3.03. The van der Waals surface area contributed by atoms with Gasteiger partial charge >= 0.3 is 0 Å². The molecule has 0 spiro atoms. The number of nitrogens with one attached hydrogen (secondary N) is 1. The molecule has 0 aliphatic heterocycles. The number of benzene rings is 1. The molecule has 0 aliphatic carbocycles. The van der Waals surface area contributed by atoms with Crippen molar-refractivity contribution in [1.29, 1.82) is 0 Å². The van der Waals surface area contributed by atoms with Gasteiger partial charge in [-0.25, -0.2) is 9.37 Å². The van der Waals surface area contributed by atoms with E-state index in [0.29, 0.717) is 18.5 Å². The van der Waals surface area contributed by atoms with E-state index in [-0.39, 0.29) is 22.0 Å². The second-order valence-corrected chi connectivity index (χ2v) is 4.91. The van der Waals surface area contributed by atoms with Gasteiger partial charge in [-0.2, -0.15) is 0 Å². The van der Waals surface area contributed by atoms with E-state index in [1.54, 1.807) is 12.1 Å². The summed E-state index contributed by atoms with van der Waals surface area (Å²) < 4.78 is 13.0. The van der Waals surface area contributed by atoms with Crippen LogP contribution in [0.25, 0.3) is 0 Å². The Balaban J connectivity index is 1.92. The van der Waals surface area contributed by atoms with Crippen LogP contribution in [-0.2, 0) is 6.42 Å². The van der Waals surface area contributed by atoms with Crippen LogP contribution in [0.2, 0.25) is 10.3 Å². The third kappa shape index (κ3) is 4.18. The Morgan fingerprint density at radius 2 is 1.90 bits per heavy atom. The minimum atomic E-state index is -0.299. The SMILES string of the molecule is O=C(NCCc1cccc(F)c1)c1cc(Cl)nc(Cl)c1. The summed E-state index contributed by atoms with van der Waals surface area (Å²) in [7, 11) is 0. The van der Waals surface area contributed by atoms with Crippen molar-refractivity contribution >= 4 is 29.1 Å². The summed E-state index contributed by atoms with van der Waals surface area (Å²) in [6, 6.07) is 9.12. The summed E-state index contributed by atoms with van der Waals surface area (Å²) in [5.41, 5.74) is 1.16. The fraction of sp³-hybridized carbons (Fsp3) is 0.143. The van der Waals surface area contributed by atoms with Gasteiger partial charge in [-0.3, -0.25) is 4.79 Å². The molecule has 6 heteroatoms. The van der Waals surface area contributed by atoms with E-state index >= 15 is 0 Å². The highest BCUT2D eigenvalue weighted by Crippen LogP contribution is 2.14. The number of nitrogens with zero attached hydrogens (tertiary/aromatic N) is 1. The van der Waals surface area contributed by atoms with Crippen molar-refractivity contribution in [1.82, 2.24) is 10.3 Å². The Morgan fingerprint density at radius 1 is 1.20 bits per heavy atom. The average Bonchev–Trinajstić information content (AvgIpc) is 2.37. The molecular weight excluding hydrogens is 302 g/mol. The van der Waals surface area contributed by atoms with Gasteiger partial charge in [-0.1, -0.05) is 35.3 Å². The van der Waals surface area contributed by atoms with Crippen LogP contribution in [0.1, 0.15) is 15.9 Å². The second kappa shape index (κ2) is 6.68.